The number of carbonyl (C=O) groups excluding carboxylic acids is 1. The number of carbonyl (C=O) groups is 1. The van der Waals surface area contributed by atoms with Crippen molar-refractivity contribution in [3.05, 3.63) is 64.8 Å². The Balaban J connectivity index is 1.50. The van der Waals surface area contributed by atoms with Crippen LogP contribution in [0.25, 0.3) is 0 Å². The van der Waals surface area contributed by atoms with Crippen LogP contribution < -0.4 is 26.4 Å². The number of halogens is 3. The Morgan fingerprint density at radius 1 is 1.15 bits per heavy atom. The monoisotopic (exact) mass is 655 g/mol. The maximum atomic E-state index is 13.8. The summed E-state index contributed by atoms with van der Waals surface area (Å²) in [5.74, 6) is 0.390. The van der Waals surface area contributed by atoms with Crippen molar-refractivity contribution in [3.63, 3.8) is 0 Å². The van der Waals surface area contributed by atoms with Gasteiger partial charge in [0, 0.05) is 44.1 Å². The average Bonchev–Trinajstić information content (AvgIpc) is 3.02. The van der Waals surface area contributed by atoms with Gasteiger partial charge in [-0.15, -0.1) is 0 Å². The summed E-state index contributed by atoms with van der Waals surface area (Å²) >= 11 is 0. The zero-order valence-electron chi connectivity index (χ0n) is 27.5. The molecule has 2 heterocycles. The maximum absolute atomic E-state index is 13.8. The number of alkyl halides is 3. The van der Waals surface area contributed by atoms with Crippen LogP contribution in [0.5, 0.6) is 5.75 Å². The summed E-state index contributed by atoms with van der Waals surface area (Å²) in [6.45, 7) is 5.12. The van der Waals surface area contributed by atoms with Gasteiger partial charge >= 0.3 is 6.18 Å². The fourth-order valence-corrected chi connectivity index (χ4v) is 5.06. The number of nitrogens with two attached hydrogens (primary N) is 1. The molecule has 0 spiro atoms. The van der Waals surface area contributed by atoms with E-state index >= 15 is 0 Å². The molecule has 11 nitrogen and oxygen atoms in total. The predicted molar refractivity (Wildman–Crippen MR) is 180 cm³/mol. The van der Waals surface area contributed by atoms with Crippen molar-refractivity contribution in [2.75, 3.05) is 70.3 Å². The third-order valence-electron chi connectivity index (χ3n) is 7.79. The van der Waals surface area contributed by atoms with Gasteiger partial charge in [-0.25, -0.2) is 9.98 Å². The number of nitrogens with zero attached hydrogens (tertiary/aromatic N) is 5. The summed E-state index contributed by atoms with van der Waals surface area (Å²) in [5, 5.41) is 8.94. The highest BCUT2D eigenvalue weighted by molar-refractivity contribution is 6.05. The molecular formula is C33H44F3N9O2. The number of ether oxygens (including phenoxy) is 1. The first-order chi connectivity index (χ1) is 22.3. The summed E-state index contributed by atoms with van der Waals surface area (Å²) in [5.41, 5.74) is 7.30. The number of anilines is 3. The minimum atomic E-state index is -4.65. The van der Waals surface area contributed by atoms with Crippen molar-refractivity contribution in [2.24, 2.45) is 10.7 Å². The number of aryl methyl sites for hydroxylation is 1. The molecule has 0 saturated carbocycles. The summed E-state index contributed by atoms with van der Waals surface area (Å²) in [6.07, 6.45) is 0.0842. The first-order valence-electron chi connectivity index (χ1n) is 15.6. The topological polar surface area (TPSA) is 133 Å². The van der Waals surface area contributed by atoms with Gasteiger partial charge in [-0.2, -0.15) is 18.2 Å². The first-order valence-corrected chi connectivity index (χ1v) is 15.6. The molecule has 254 valence electrons. The molecular weight excluding hydrogens is 611 g/mol. The van der Waals surface area contributed by atoms with Crippen LogP contribution in [0.3, 0.4) is 0 Å². The summed E-state index contributed by atoms with van der Waals surface area (Å²) in [7, 11) is 7.78. The van der Waals surface area contributed by atoms with E-state index in [2.05, 4.69) is 40.7 Å². The Bertz CT molecular complexity index is 1550. The molecule has 1 amide bonds. The molecule has 0 radical (unpaired) electrons. The van der Waals surface area contributed by atoms with E-state index in [-0.39, 0.29) is 23.3 Å². The maximum Gasteiger partial charge on any atom is 0.416 e. The van der Waals surface area contributed by atoms with Gasteiger partial charge in [0.1, 0.15) is 23.5 Å². The van der Waals surface area contributed by atoms with Crippen molar-refractivity contribution in [2.45, 2.75) is 44.9 Å². The SMILES string of the molecule is CNc1nc(NCCCCN(C)C)ncc1C(N)=Nc1cc(NC(=O)c2cc(OC3CCN(C)CC3)cc(C(F)(F)F)c2)ccc1C. The largest absolute Gasteiger partial charge is 0.490 e. The molecule has 0 unspecified atom stereocenters. The minimum absolute atomic E-state index is 0.00889. The number of hydrogen-bond donors (Lipinski definition) is 4. The number of nitrogens with one attached hydrogen (secondary N) is 3. The molecule has 0 aliphatic carbocycles. The van der Waals surface area contributed by atoms with Crippen molar-refractivity contribution >= 4 is 34.9 Å². The van der Waals surface area contributed by atoms with Crippen LogP contribution in [0.1, 0.15) is 52.7 Å². The molecule has 1 aliphatic rings. The van der Waals surface area contributed by atoms with Crippen LogP contribution >= 0.6 is 0 Å². The standard InChI is InChI=1S/C33H44F3N9O2/c1-21-8-9-24(19-28(21)42-29(37)27-20-40-32(43-30(27)38-2)39-12-6-7-13-44(3)4)41-31(46)22-16-23(33(34,35)36)18-26(17-22)47-25-10-14-45(5)15-11-25/h8-9,16-20,25H,6-7,10-15H2,1-5H3,(H2,37,42)(H,41,46)(H2,38,39,40,43). The van der Waals surface area contributed by atoms with E-state index in [0.717, 1.165) is 56.7 Å². The molecule has 4 rings (SSSR count). The summed E-state index contributed by atoms with van der Waals surface area (Å²) < 4.78 is 47.2. The van der Waals surface area contributed by atoms with Crippen molar-refractivity contribution in [1.82, 2.24) is 19.8 Å². The fraction of sp³-hybridized carbons (Fsp3) is 0.455. The van der Waals surface area contributed by atoms with E-state index in [9.17, 15) is 18.0 Å². The van der Waals surface area contributed by atoms with Crippen LogP contribution in [0.2, 0.25) is 0 Å². The number of amidine groups is 1. The number of rotatable bonds is 13. The van der Waals surface area contributed by atoms with E-state index < -0.39 is 17.6 Å². The van der Waals surface area contributed by atoms with Gasteiger partial charge in [-0.3, -0.25) is 4.79 Å². The van der Waals surface area contributed by atoms with E-state index in [1.165, 1.54) is 6.07 Å². The number of unbranched alkanes of at least 4 members (excludes halogenated alkanes) is 1. The van der Waals surface area contributed by atoms with E-state index in [4.69, 9.17) is 10.5 Å². The minimum Gasteiger partial charge on any atom is -0.490 e. The zero-order chi connectivity index (χ0) is 34.1. The lowest BCUT2D eigenvalue weighted by atomic mass is 10.1. The molecule has 1 aromatic heterocycles. The number of piperidine rings is 1. The summed E-state index contributed by atoms with van der Waals surface area (Å²) in [6, 6.07) is 8.09. The number of benzene rings is 2. The number of amides is 1. The number of aliphatic imine (C=N–C) groups is 1. The average molecular weight is 656 g/mol. The normalized spacial score (nSPS) is 14.7. The molecule has 3 aromatic rings. The molecule has 0 atom stereocenters. The van der Waals surface area contributed by atoms with Gasteiger partial charge in [-0.05, 0) is 96.2 Å². The van der Waals surface area contributed by atoms with Crippen molar-refractivity contribution < 1.29 is 22.7 Å². The molecule has 0 bridgehead atoms. The third-order valence-corrected chi connectivity index (χ3v) is 7.79. The van der Waals surface area contributed by atoms with Crippen molar-refractivity contribution in [1.29, 1.82) is 0 Å². The van der Waals surface area contributed by atoms with E-state index in [0.29, 0.717) is 41.5 Å². The molecule has 5 N–H and O–H groups in total. The zero-order valence-corrected chi connectivity index (χ0v) is 27.5. The third kappa shape index (κ3) is 10.3. The van der Waals surface area contributed by atoms with Crippen molar-refractivity contribution in [3.8, 4) is 5.75 Å². The van der Waals surface area contributed by atoms with Gasteiger partial charge in [0.2, 0.25) is 5.95 Å². The number of aromatic nitrogens is 2. The van der Waals surface area contributed by atoms with Gasteiger partial charge < -0.3 is 36.2 Å². The number of likely N-dealkylation sites (tertiary alicyclic amines) is 1. The van der Waals surface area contributed by atoms with Crippen LogP contribution in [0.15, 0.2) is 47.6 Å². The Kier molecular flexibility index (Phi) is 12.0. The molecule has 14 heteroatoms. The van der Waals surface area contributed by atoms with Gasteiger partial charge in [0.05, 0.1) is 16.8 Å². The molecule has 47 heavy (non-hydrogen) atoms. The molecule has 1 aliphatic heterocycles. The molecule has 2 aromatic carbocycles. The predicted octanol–water partition coefficient (Wildman–Crippen LogP) is 5.36. The van der Waals surface area contributed by atoms with Gasteiger partial charge in [-0.1, -0.05) is 6.07 Å². The highest BCUT2D eigenvalue weighted by Gasteiger charge is 2.32. The molecule has 1 fully saturated rings. The fourth-order valence-electron chi connectivity index (χ4n) is 5.06. The Morgan fingerprint density at radius 2 is 1.89 bits per heavy atom. The lowest BCUT2D eigenvalue weighted by molar-refractivity contribution is -0.137. The second-order valence-corrected chi connectivity index (χ2v) is 12.0. The molecule has 1 saturated heterocycles. The van der Waals surface area contributed by atoms with Crippen LogP contribution in [0, 0.1) is 6.92 Å². The highest BCUT2D eigenvalue weighted by atomic mass is 19.4. The first kappa shape index (κ1) is 35.4. The highest BCUT2D eigenvalue weighted by Crippen LogP contribution is 2.34. The smallest absolute Gasteiger partial charge is 0.416 e. The van der Waals surface area contributed by atoms with E-state index in [1.807, 2.05) is 28.1 Å². The van der Waals surface area contributed by atoms with Gasteiger partial charge in [0.15, 0.2) is 0 Å². The Hall–Kier alpha value is -4.43. The lowest BCUT2D eigenvalue weighted by Crippen LogP contribution is -2.35. The van der Waals surface area contributed by atoms with E-state index in [1.54, 1.807) is 31.4 Å². The van der Waals surface area contributed by atoms with Crippen LogP contribution in [0.4, 0.5) is 36.3 Å². The quantitative estimate of drug-likeness (QED) is 0.109. The summed E-state index contributed by atoms with van der Waals surface area (Å²) in [4.78, 5) is 31.0. The lowest BCUT2D eigenvalue weighted by Gasteiger charge is -2.29. The van der Waals surface area contributed by atoms with Crippen LogP contribution in [-0.4, -0.2) is 92.0 Å². The second kappa shape index (κ2) is 15.9. The number of hydrogen-bond acceptors (Lipinski definition) is 9. The second-order valence-electron chi connectivity index (χ2n) is 12.0. The Morgan fingerprint density at radius 3 is 2.57 bits per heavy atom. The van der Waals surface area contributed by atoms with Crippen LogP contribution in [-0.2, 0) is 6.18 Å². The Labute approximate surface area is 273 Å². The van der Waals surface area contributed by atoms with Gasteiger partial charge in [0.25, 0.3) is 5.91 Å².